The number of rotatable bonds is 5. The van der Waals surface area contributed by atoms with Crippen LogP contribution in [0.15, 0.2) is 53.4 Å². The monoisotopic (exact) mass is 425 g/mol. The molecule has 0 aliphatic carbocycles. The van der Waals surface area contributed by atoms with E-state index in [9.17, 15) is 8.42 Å². The first kappa shape index (κ1) is 20.5. The smallest absolute Gasteiger partial charge is 0.243 e. The van der Waals surface area contributed by atoms with Crippen molar-refractivity contribution in [1.82, 2.24) is 4.31 Å². The van der Waals surface area contributed by atoms with Crippen LogP contribution in [-0.4, -0.2) is 37.7 Å². The highest BCUT2D eigenvalue weighted by atomic mass is 35.5. The number of hydrogen-bond donors (Lipinski definition) is 0. The number of ether oxygens (including phenoxy) is 1. The Labute approximate surface area is 170 Å². The fraction of sp³-hybridized carbons (Fsp3) is 0.400. The molecule has 1 atom stereocenters. The van der Waals surface area contributed by atoms with Gasteiger partial charge < -0.3 is 4.74 Å². The first-order valence-corrected chi connectivity index (χ1v) is 11.9. The van der Waals surface area contributed by atoms with Crippen molar-refractivity contribution in [3.63, 3.8) is 0 Å². The molecule has 1 aliphatic rings. The van der Waals surface area contributed by atoms with E-state index in [1.165, 1.54) is 0 Å². The first-order chi connectivity index (χ1) is 12.9. The molecule has 2 aromatic carbocycles. The van der Waals surface area contributed by atoms with Gasteiger partial charge in [0.1, 0.15) is 5.75 Å². The Morgan fingerprint density at radius 1 is 1.11 bits per heavy atom. The van der Waals surface area contributed by atoms with E-state index in [1.54, 1.807) is 40.3 Å². The summed E-state index contributed by atoms with van der Waals surface area (Å²) < 4.78 is 33.2. The Bertz CT molecular complexity index is 869. The molecule has 0 amide bonds. The van der Waals surface area contributed by atoms with Gasteiger partial charge in [0, 0.05) is 29.1 Å². The molecule has 0 N–H and O–H groups in total. The topological polar surface area (TPSA) is 46.6 Å². The predicted octanol–water partition coefficient (Wildman–Crippen LogP) is 5.00. The van der Waals surface area contributed by atoms with Crippen LogP contribution in [0.3, 0.4) is 0 Å². The molecule has 1 fully saturated rings. The molecule has 0 aromatic heterocycles. The van der Waals surface area contributed by atoms with Crippen LogP contribution in [0.2, 0.25) is 5.02 Å². The summed E-state index contributed by atoms with van der Waals surface area (Å²) in [6.45, 7) is 4.86. The minimum absolute atomic E-state index is 0.0526. The van der Waals surface area contributed by atoms with Crippen molar-refractivity contribution in [2.45, 2.75) is 36.5 Å². The second-order valence-corrected chi connectivity index (χ2v) is 10.4. The molecule has 0 bridgehead atoms. The lowest BCUT2D eigenvalue weighted by Gasteiger charge is -2.20. The molecule has 4 nitrogen and oxygen atoms in total. The highest BCUT2D eigenvalue weighted by Crippen LogP contribution is 2.38. The van der Waals surface area contributed by atoms with Crippen LogP contribution in [0.1, 0.15) is 31.1 Å². The van der Waals surface area contributed by atoms with Crippen molar-refractivity contribution < 1.29 is 13.2 Å². The van der Waals surface area contributed by atoms with E-state index < -0.39 is 10.0 Å². The molecule has 146 valence electrons. The van der Waals surface area contributed by atoms with Gasteiger partial charge in [-0.05, 0) is 56.2 Å². The van der Waals surface area contributed by atoms with Gasteiger partial charge >= 0.3 is 0 Å². The summed E-state index contributed by atoms with van der Waals surface area (Å²) in [5, 5.41) is 0.952. The predicted molar refractivity (Wildman–Crippen MR) is 112 cm³/mol. The normalized spacial score (nSPS) is 19.0. The van der Waals surface area contributed by atoms with Crippen molar-refractivity contribution in [1.29, 1.82) is 0 Å². The zero-order valence-electron chi connectivity index (χ0n) is 15.5. The fourth-order valence-corrected chi connectivity index (χ4v) is 6.26. The number of benzene rings is 2. The summed E-state index contributed by atoms with van der Waals surface area (Å²) in [5.74, 6) is 1.41. The lowest BCUT2D eigenvalue weighted by Crippen LogP contribution is -2.33. The van der Waals surface area contributed by atoms with Gasteiger partial charge in [0.05, 0.1) is 11.0 Å². The minimum Gasteiger partial charge on any atom is -0.491 e. The summed E-state index contributed by atoms with van der Waals surface area (Å²) in [6.07, 6.45) is 0.791. The third-order valence-electron chi connectivity index (χ3n) is 4.39. The van der Waals surface area contributed by atoms with Crippen molar-refractivity contribution in [3.8, 4) is 5.75 Å². The zero-order chi connectivity index (χ0) is 19.4. The third-order valence-corrected chi connectivity index (χ3v) is 7.95. The molecule has 1 aliphatic heterocycles. The number of halogens is 1. The molecular weight excluding hydrogens is 402 g/mol. The van der Waals surface area contributed by atoms with Crippen LogP contribution in [-0.2, 0) is 10.0 Å². The van der Waals surface area contributed by atoms with E-state index in [0.29, 0.717) is 23.7 Å². The summed E-state index contributed by atoms with van der Waals surface area (Å²) in [5.41, 5.74) is 1.08. The molecule has 3 rings (SSSR count). The molecule has 0 spiro atoms. The molecule has 2 aromatic rings. The molecule has 7 heteroatoms. The SMILES string of the molecule is CC(C)Oc1ccc(S(=O)(=O)N2CCSC(c3ccccc3Cl)CC2)cc1. The maximum atomic E-state index is 13.0. The van der Waals surface area contributed by atoms with E-state index >= 15 is 0 Å². The van der Waals surface area contributed by atoms with Crippen LogP contribution in [0, 0.1) is 0 Å². The van der Waals surface area contributed by atoms with E-state index in [-0.39, 0.29) is 11.4 Å². The van der Waals surface area contributed by atoms with Gasteiger partial charge in [-0.1, -0.05) is 29.8 Å². The van der Waals surface area contributed by atoms with Crippen molar-refractivity contribution in [2.75, 3.05) is 18.8 Å². The summed E-state index contributed by atoms with van der Waals surface area (Å²) in [7, 11) is -3.51. The summed E-state index contributed by atoms with van der Waals surface area (Å²) in [4.78, 5) is 0.305. The minimum atomic E-state index is -3.51. The highest BCUT2D eigenvalue weighted by Gasteiger charge is 2.29. The Morgan fingerprint density at radius 2 is 1.81 bits per heavy atom. The molecule has 0 radical (unpaired) electrons. The van der Waals surface area contributed by atoms with Crippen molar-refractivity contribution >= 4 is 33.4 Å². The van der Waals surface area contributed by atoms with Gasteiger partial charge in [0.25, 0.3) is 0 Å². The third kappa shape index (κ3) is 4.99. The van der Waals surface area contributed by atoms with Crippen LogP contribution < -0.4 is 4.74 Å². The quantitative estimate of drug-likeness (QED) is 0.676. The second-order valence-electron chi connectivity index (χ2n) is 6.71. The zero-order valence-corrected chi connectivity index (χ0v) is 17.9. The standard InChI is InChI=1S/C20H24ClNO3S2/c1-15(2)25-16-7-9-17(10-8-16)27(23,24)22-12-11-20(26-14-13-22)18-5-3-4-6-19(18)21/h3-10,15,20H,11-14H2,1-2H3. The number of thioether (sulfide) groups is 1. The lowest BCUT2D eigenvalue weighted by molar-refractivity contribution is 0.242. The maximum absolute atomic E-state index is 13.0. The van der Waals surface area contributed by atoms with E-state index in [0.717, 1.165) is 22.8 Å². The van der Waals surface area contributed by atoms with Gasteiger partial charge in [0.2, 0.25) is 10.0 Å². The average Bonchev–Trinajstić information content (AvgIpc) is 2.89. The maximum Gasteiger partial charge on any atom is 0.243 e. The van der Waals surface area contributed by atoms with Crippen LogP contribution in [0.5, 0.6) is 5.75 Å². The first-order valence-electron chi connectivity index (χ1n) is 9.01. The molecule has 1 unspecified atom stereocenters. The molecular formula is C20H24ClNO3S2. The Kier molecular flexibility index (Phi) is 6.74. The fourth-order valence-electron chi connectivity index (χ4n) is 3.09. The van der Waals surface area contributed by atoms with Gasteiger partial charge in [-0.25, -0.2) is 8.42 Å². The lowest BCUT2D eigenvalue weighted by atomic mass is 10.1. The Morgan fingerprint density at radius 3 is 2.48 bits per heavy atom. The van der Waals surface area contributed by atoms with Gasteiger partial charge in [-0.15, -0.1) is 0 Å². The van der Waals surface area contributed by atoms with Crippen molar-refractivity contribution in [3.05, 3.63) is 59.1 Å². The van der Waals surface area contributed by atoms with Gasteiger partial charge in [-0.3, -0.25) is 0 Å². The molecule has 1 saturated heterocycles. The second kappa shape index (κ2) is 8.86. The number of nitrogens with zero attached hydrogens (tertiary/aromatic N) is 1. The van der Waals surface area contributed by atoms with Crippen LogP contribution in [0.4, 0.5) is 0 Å². The van der Waals surface area contributed by atoms with E-state index in [1.807, 2.05) is 38.1 Å². The Balaban J connectivity index is 1.73. The highest BCUT2D eigenvalue weighted by molar-refractivity contribution is 7.99. The van der Waals surface area contributed by atoms with Crippen LogP contribution in [0.25, 0.3) is 0 Å². The Hall–Kier alpha value is -1.21. The van der Waals surface area contributed by atoms with Gasteiger partial charge in [0.15, 0.2) is 0 Å². The average molecular weight is 426 g/mol. The summed E-state index contributed by atoms with van der Waals surface area (Å²) in [6, 6.07) is 14.5. The van der Waals surface area contributed by atoms with Crippen molar-refractivity contribution in [2.24, 2.45) is 0 Å². The largest absolute Gasteiger partial charge is 0.491 e. The van der Waals surface area contributed by atoms with E-state index in [4.69, 9.17) is 16.3 Å². The molecule has 27 heavy (non-hydrogen) atoms. The number of hydrogen-bond acceptors (Lipinski definition) is 4. The molecule has 1 heterocycles. The number of sulfonamides is 1. The summed E-state index contributed by atoms with van der Waals surface area (Å²) >= 11 is 8.09. The van der Waals surface area contributed by atoms with Crippen LogP contribution >= 0.6 is 23.4 Å². The van der Waals surface area contributed by atoms with Gasteiger partial charge in [-0.2, -0.15) is 16.1 Å². The molecule has 0 saturated carbocycles. The van der Waals surface area contributed by atoms with E-state index in [2.05, 4.69) is 0 Å².